The maximum atomic E-state index is 8.52. The third kappa shape index (κ3) is 22.5. The van der Waals surface area contributed by atoms with E-state index >= 15 is 0 Å². The Morgan fingerprint density at radius 2 is 1.58 bits per heavy atom. The Bertz CT molecular complexity index is 85.9. The monoisotopic (exact) mass is 225 g/mol. The summed E-state index contributed by atoms with van der Waals surface area (Å²) in [6.07, 6.45) is 0. The molecule has 1 saturated heterocycles. The van der Waals surface area contributed by atoms with Crippen LogP contribution in [0.15, 0.2) is 0 Å². The van der Waals surface area contributed by atoms with E-state index in [1.54, 1.807) is 0 Å². The molecule has 0 aromatic heterocycles. The van der Waals surface area contributed by atoms with Crippen molar-refractivity contribution in [1.82, 2.24) is 5.32 Å². The summed E-state index contributed by atoms with van der Waals surface area (Å²) in [6, 6.07) is 0. The van der Waals surface area contributed by atoms with Gasteiger partial charge in [-0.05, 0) is 0 Å². The summed E-state index contributed by atoms with van der Waals surface area (Å²) in [4.78, 5) is 17.0. The molecule has 1 aliphatic heterocycles. The Balaban J connectivity index is -0.000000124. The number of rotatable bonds is 0. The molecule has 0 aliphatic carbocycles. The first-order valence-electron chi connectivity index (χ1n) is 2.90. The van der Waals surface area contributed by atoms with E-state index in [0.29, 0.717) is 0 Å². The fraction of sp³-hybridized carbons (Fsp3) is 1.00. The largest absolute Gasteiger partial charge is 2.00 e. The molecular weight excluding hydrogens is 213 g/mol. The van der Waals surface area contributed by atoms with Gasteiger partial charge in [0, 0.05) is 13.1 Å². The molecule has 1 rings (SSSR count). The predicted octanol–water partition coefficient (Wildman–Crippen LogP) is -3.50. The molecule has 0 amide bonds. The normalized spacial score (nSPS) is 14.9. The third-order valence-electron chi connectivity index (χ3n) is 0.846. The first kappa shape index (κ1) is 19.0. The maximum absolute atomic E-state index is 8.52. The SMILES string of the molecule is C1COCCN1.O.O=[PH]([O-])[O-].[Ca+2]. The summed E-state index contributed by atoms with van der Waals surface area (Å²) in [7, 11) is -3.63. The van der Waals surface area contributed by atoms with Gasteiger partial charge in [-0.25, -0.2) is 0 Å². The second-order valence-electron chi connectivity index (χ2n) is 1.61. The van der Waals surface area contributed by atoms with Gasteiger partial charge in [0.2, 0.25) is 0 Å². The Morgan fingerprint density at radius 3 is 1.67 bits per heavy atom. The minimum absolute atomic E-state index is 0. The van der Waals surface area contributed by atoms with Gasteiger partial charge in [0.25, 0.3) is 0 Å². The van der Waals surface area contributed by atoms with Crippen molar-refractivity contribution in [2.45, 2.75) is 0 Å². The van der Waals surface area contributed by atoms with Crippen LogP contribution in [0.5, 0.6) is 0 Å². The van der Waals surface area contributed by atoms with E-state index in [-0.39, 0.29) is 43.2 Å². The molecule has 3 N–H and O–H groups in total. The molecule has 1 heterocycles. The number of morpholine rings is 1. The van der Waals surface area contributed by atoms with Crippen LogP contribution < -0.4 is 15.1 Å². The molecule has 8 heteroatoms. The van der Waals surface area contributed by atoms with Crippen LogP contribution in [0, 0.1) is 0 Å². The van der Waals surface area contributed by atoms with Crippen LogP contribution in [-0.4, -0.2) is 69.5 Å². The Kier molecular flexibility index (Phi) is 23.4. The van der Waals surface area contributed by atoms with Crippen LogP contribution >= 0.6 is 8.25 Å². The third-order valence-corrected chi connectivity index (χ3v) is 0.846. The van der Waals surface area contributed by atoms with E-state index in [1.165, 1.54) is 0 Å². The molecule has 0 radical (unpaired) electrons. The molecule has 0 aromatic carbocycles. The van der Waals surface area contributed by atoms with Gasteiger partial charge >= 0.3 is 37.7 Å². The zero-order valence-electron chi connectivity index (χ0n) is 6.67. The van der Waals surface area contributed by atoms with Gasteiger partial charge < -0.3 is 29.9 Å². The Morgan fingerprint density at radius 1 is 1.25 bits per heavy atom. The van der Waals surface area contributed by atoms with Crippen molar-refractivity contribution in [3.05, 3.63) is 0 Å². The molecule has 70 valence electrons. The molecule has 0 saturated carbocycles. The molecule has 6 nitrogen and oxygen atoms in total. The maximum Gasteiger partial charge on any atom is 2.00 e. The van der Waals surface area contributed by atoms with Gasteiger partial charge in [0.05, 0.1) is 13.2 Å². The second-order valence-corrected chi connectivity index (χ2v) is 2.11. The van der Waals surface area contributed by atoms with Crippen LogP contribution in [-0.2, 0) is 9.30 Å². The van der Waals surface area contributed by atoms with Gasteiger partial charge in [-0.3, -0.25) is 0 Å². The fourth-order valence-electron chi connectivity index (χ4n) is 0.516. The van der Waals surface area contributed by atoms with Gasteiger partial charge in [-0.1, -0.05) is 8.25 Å². The quantitative estimate of drug-likeness (QED) is 0.339. The molecule has 1 fully saturated rings. The zero-order chi connectivity index (χ0) is 7.82. The average Bonchev–Trinajstić information content (AvgIpc) is 1.90. The molecule has 0 aromatic rings. The van der Waals surface area contributed by atoms with E-state index in [2.05, 4.69) is 5.32 Å². The molecule has 0 bridgehead atoms. The van der Waals surface area contributed by atoms with Crippen molar-refractivity contribution in [3.63, 3.8) is 0 Å². The van der Waals surface area contributed by atoms with E-state index in [4.69, 9.17) is 19.1 Å². The van der Waals surface area contributed by atoms with E-state index in [9.17, 15) is 0 Å². The van der Waals surface area contributed by atoms with Crippen LogP contribution in [0.25, 0.3) is 0 Å². The smallest absolute Gasteiger partial charge is 0.813 e. The molecule has 0 spiro atoms. The summed E-state index contributed by atoms with van der Waals surface area (Å²) in [5.74, 6) is 0. The van der Waals surface area contributed by atoms with Gasteiger partial charge in [0.1, 0.15) is 0 Å². The zero-order valence-corrected chi connectivity index (χ0v) is 9.88. The van der Waals surface area contributed by atoms with Gasteiger partial charge in [0.15, 0.2) is 0 Å². The van der Waals surface area contributed by atoms with Crippen molar-refractivity contribution in [2.24, 2.45) is 0 Å². The molecule has 0 unspecified atom stereocenters. The van der Waals surface area contributed by atoms with Crippen molar-refractivity contribution in [2.75, 3.05) is 26.3 Å². The van der Waals surface area contributed by atoms with Crippen LogP contribution in [0.3, 0.4) is 0 Å². The van der Waals surface area contributed by atoms with Crippen molar-refractivity contribution >= 4 is 46.0 Å². The number of nitrogens with one attached hydrogen (secondary N) is 1. The molecule has 12 heavy (non-hydrogen) atoms. The van der Waals surface area contributed by atoms with E-state index in [1.807, 2.05) is 0 Å². The number of ether oxygens (including phenoxy) is 1. The van der Waals surface area contributed by atoms with Gasteiger partial charge in [-0.15, -0.1) is 0 Å². The second kappa shape index (κ2) is 14.8. The Labute approximate surface area is 102 Å². The van der Waals surface area contributed by atoms with E-state index < -0.39 is 8.25 Å². The predicted molar refractivity (Wildman–Crippen MR) is 42.1 cm³/mol. The summed E-state index contributed by atoms with van der Waals surface area (Å²) in [5, 5.41) is 3.16. The first-order chi connectivity index (χ1) is 4.73. The summed E-state index contributed by atoms with van der Waals surface area (Å²) < 4.78 is 13.5. The Hall–Kier alpha value is 1.29. The first-order valence-corrected chi connectivity index (χ1v) is 4.12. The standard InChI is InChI=1S/C4H9NO.Ca.H3O3P.H2O/c1-3-6-4-2-5-1;;1-4(2)3;/h5H,1-4H2;;4H,(H2,1,2,3);1H2/q;+2;;/p-2. The average molecular weight is 225 g/mol. The molecule has 0 atom stereocenters. The fourth-order valence-corrected chi connectivity index (χ4v) is 0.516. The van der Waals surface area contributed by atoms with Crippen molar-refractivity contribution in [3.8, 4) is 0 Å². The molecular formula is C4H12CaNO5P. The van der Waals surface area contributed by atoms with Crippen LogP contribution in [0.2, 0.25) is 0 Å². The number of hydrogen-bond acceptors (Lipinski definition) is 5. The summed E-state index contributed by atoms with van der Waals surface area (Å²) >= 11 is 0. The number of hydrogen-bond donors (Lipinski definition) is 1. The minimum Gasteiger partial charge on any atom is -0.813 e. The summed E-state index contributed by atoms with van der Waals surface area (Å²) in [6.45, 7) is 3.83. The van der Waals surface area contributed by atoms with Gasteiger partial charge in [-0.2, -0.15) is 0 Å². The van der Waals surface area contributed by atoms with Crippen LogP contribution in [0.1, 0.15) is 0 Å². The molecule has 1 aliphatic rings. The van der Waals surface area contributed by atoms with Crippen molar-refractivity contribution < 1.29 is 24.6 Å². The summed E-state index contributed by atoms with van der Waals surface area (Å²) in [5.41, 5.74) is 0. The minimum atomic E-state index is -3.63. The topological polar surface area (TPSA) is 116 Å². The van der Waals surface area contributed by atoms with Crippen molar-refractivity contribution in [1.29, 1.82) is 0 Å². The van der Waals surface area contributed by atoms with Crippen LogP contribution in [0.4, 0.5) is 0 Å². The van der Waals surface area contributed by atoms with E-state index in [0.717, 1.165) is 26.3 Å².